The zero-order valence-corrected chi connectivity index (χ0v) is 11.5. The van der Waals surface area contributed by atoms with Gasteiger partial charge in [0.1, 0.15) is 0 Å². The van der Waals surface area contributed by atoms with Gasteiger partial charge >= 0.3 is 6.03 Å². The van der Waals surface area contributed by atoms with Crippen LogP contribution in [0.5, 0.6) is 0 Å². The molecule has 2 N–H and O–H groups in total. The summed E-state index contributed by atoms with van der Waals surface area (Å²) >= 11 is 0. The number of hydrogen-bond acceptors (Lipinski definition) is 2. The summed E-state index contributed by atoms with van der Waals surface area (Å²) in [7, 11) is 1.84. The predicted molar refractivity (Wildman–Crippen MR) is 68.8 cm³/mol. The molecule has 1 saturated carbocycles. The molecule has 1 aliphatic carbocycles. The average Bonchev–Trinajstić information content (AvgIpc) is 2.96. The van der Waals surface area contributed by atoms with Crippen molar-refractivity contribution in [2.24, 2.45) is 11.3 Å². The third kappa shape index (κ3) is 5.91. The maximum Gasteiger partial charge on any atom is 0.317 e. The van der Waals surface area contributed by atoms with E-state index >= 15 is 0 Å². The van der Waals surface area contributed by atoms with Gasteiger partial charge in [0.2, 0.25) is 0 Å². The average molecular weight is 242 g/mol. The number of hydrogen-bond donors (Lipinski definition) is 2. The van der Waals surface area contributed by atoms with Gasteiger partial charge in [0.15, 0.2) is 0 Å². The minimum atomic E-state index is -0.328. The normalized spacial score (nSPS) is 17.7. The van der Waals surface area contributed by atoms with Gasteiger partial charge in [0.05, 0.1) is 6.10 Å². The molecule has 2 amide bonds. The van der Waals surface area contributed by atoms with E-state index in [0.717, 1.165) is 12.5 Å². The molecular weight excluding hydrogens is 216 g/mol. The molecule has 4 nitrogen and oxygen atoms in total. The summed E-state index contributed by atoms with van der Waals surface area (Å²) in [4.78, 5) is 13.6. The van der Waals surface area contributed by atoms with E-state index in [1.54, 1.807) is 11.8 Å². The Kier molecular flexibility index (Phi) is 4.80. The van der Waals surface area contributed by atoms with E-state index in [0.29, 0.717) is 13.0 Å². The van der Waals surface area contributed by atoms with Crippen molar-refractivity contribution >= 4 is 6.03 Å². The van der Waals surface area contributed by atoms with Crippen molar-refractivity contribution in [2.75, 3.05) is 20.1 Å². The van der Waals surface area contributed by atoms with Crippen LogP contribution >= 0.6 is 0 Å². The van der Waals surface area contributed by atoms with E-state index in [2.05, 4.69) is 19.2 Å². The molecule has 0 aromatic carbocycles. The molecule has 0 aliphatic heterocycles. The van der Waals surface area contributed by atoms with Gasteiger partial charge in [-0.3, -0.25) is 0 Å². The third-order valence-corrected chi connectivity index (χ3v) is 3.14. The Morgan fingerprint density at radius 3 is 2.59 bits per heavy atom. The molecule has 0 spiro atoms. The predicted octanol–water partition coefficient (Wildman–Crippen LogP) is 1.83. The van der Waals surface area contributed by atoms with Crippen molar-refractivity contribution < 1.29 is 9.90 Å². The smallest absolute Gasteiger partial charge is 0.317 e. The van der Waals surface area contributed by atoms with Crippen LogP contribution in [-0.4, -0.2) is 42.3 Å². The van der Waals surface area contributed by atoms with Crippen LogP contribution in [0.15, 0.2) is 0 Å². The SMILES string of the molecule is CC(O)CC(C)(C)CNC(=O)N(C)CC1CC1. The van der Waals surface area contributed by atoms with Crippen LogP contribution in [0, 0.1) is 11.3 Å². The van der Waals surface area contributed by atoms with E-state index in [1.807, 2.05) is 7.05 Å². The maximum absolute atomic E-state index is 11.8. The highest BCUT2D eigenvalue weighted by Crippen LogP contribution is 2.29. The lowest BCUT2D eigenvalue weighted by Gasteiger charge is -2.28. The molecule has 1 rings (SSSR count). The second-order valence-corrected chi connectivity index (χ2v) is 6.20. The number of urea groups is 1. The van der Waals surface area contributed by atoms with Crippen molar-refractivity contribution in [1.82, 2.24) is 10.2 Å². The molecule has 1 unspecified atom stereocenters. The van der Waals surface area contributed by atoms with E-state index < -0.39 is 0 Å². The van der Waals surface area contributed by atoms with Gasteiger partial charge < -0.3 is 15.3 Å². The minimum Gasteiger partial charge on any atom is -0.393 e. The first kappa shape index (κ1) is 14.3. The molecule has 4 heteroatoms. The fourth-order valence-corrected chi connectivity index (χ4v) is 2.09. The number of nitrogens with zero attached hydrogens (tertiary/aromatic N) is 1. The first-order valence-electron chi connectivity index (χ1n) is 6.47. The van der Waals surface area contributed by atoms with Crippen LogP contribution in [0.2, 0.25) is 0 Å². The lowest BCUT2D eigenvalue weighted by atomic mass is 9.87. The standard InChI is InChI=1S/C13H26N2O2/c1-10(16)7-13(2,3)9-14-12(17)15(4)8-11-5-6-11/h10-11,16H,5-9H2,1-4H3,(H,14,17). The highest BCUT2D eigenvalue weighted by molar-refractivity contribution is 5.73. The largest absolute Gasteiger partial charge is 0.393 e. The molecule has 1 aliphatic rings. The Morgan fingerprint density at radius 2 is 2.12 bits per heavy atom. The van der Waals surface area contributed by atoms with Gasteiger partial charge in [0, 0.05) is 20.1 Å². The summed E-state index contributed by atoms with van der Waals surface area (Å²) in [5.74, 6) is 0.719. The molecule has 0 aromatic rings. The molecule has 0 radical (unpaired) electrons. The summed E-state index contributed by atoms with van der Waals surface area (Å²) in [6, 6.07) is -0.00410. The molecule has 0 bridgehead atoms. The zero-order chi connectivity index (χ0) is 13.1. The van der Waals surface area contributed by atoms with Gasteiger partial charge in [-0.15, -0.1) is 0 Å². The highest BCUT2D eigenvalue weighted by atomic mass is 16.3. The van der Waals surface area contributed by atoms with Crippen molar-refractivity contribution in [3.8, 4) is 0 Å². The topological polar surface area (TPSA) is 52.6 Å². The van der Waals surface area contributed by atoms with E-state index in [-0.39, 0.29) is 17.6 Å². The van der Waals surface area contributed by atoms with Gasteiger partial charge in [-0.2, -0.15) is 0 Å². The Morgan fingerprint density at radius 1 is 1.53 bits per heavy atom. The van der Waals surface area contributed by atoms with Crippen LogP contribution in [0.4, 0.5) is 4.79 Å². The second kappa shape index (κ2) is 5.71. The zero-order valence-electron chi connectivity index (χ0n) is 11.5. The van der Waals surface area contributed by atoms with Crippen LogP contribution in [0.3, 0.4) is 0 Å². The molecule has 1 atom stereocenters. The van der Waals surface area contributed by atoms with Crippen molar-refractivity contribution in [1.29, 1.82) is 0 Å². The van der Waals surface area contributed by atoms with Crippen molar-refractivity contribution in [2.45, 2.75) is 46.1 Å². The molecular formula is C13H26N2O2. The quantitative estimate of drug-likeness (QED) is 0.746. The van der Waals surface area contributed by atoms with Crippen LogP contribution < -0.4 is 5.32 Å². The molecule has 1 fully saturated rings. The maximum atomic E-state index is 11.8. The summed E-state index contributed by atoms with van der Waals surface area (Å²) in [5, 5.41) is 12.3. The number of aliphatic hydroxyl groups excluding tert-OH is 1. The molecule has 17 heavy (non-hydrogen) atoms. The summed E-state index contributed by atoms with van der Waals surface area (Å²) < 4.78 is 0. The highest BCUT2D eigenvalue weighted by Gasteiger charge is 2.26. The first-order valence-corrected chi connectivity index (χ1v) is 6.47. The molecule has 0 saturated heterocycles. The Labute approximate surface area is 104 Å². The number of amides is 2. The number of nitrogens with one attached hydrogen (secondary N) is 1. The third-order valence-electron chi connectivity index (χ3n) is 3.14. The number of rotatable bonds is 6. The lowest BCUT2D eigenvalue weighted by molar-refractivity contribution is 0.127. The fraction of sp³-hybridized carbons (Fsp3) is 0.923. The Balaban J connectivity index is 2.25. The van der Waals surface area contributed by atoms with Crippen LogP contribution in [0.25, 0.3) is 0 Å². The molecule has 100 valence electrons. The molecule has 0 aromatic heterocycles. The van der Waals surface area contributed by atoms with Gasteiger partial charge in [-0.25, -0.2) is 4.79 Å². The van der Waals surface area contributed by atoms with E-state index in [4.69, 9.17) is 0 Å². The molecule has 0 heterocycles. The number of carbonyl (C=O) groups excluding carboxylic acids is 1. The lowest BCUT2D eigenvalue weighted by Crippen LogP contribution is -2.43. The van der Waals surface area contributed by atoms with Gasteiger partial charge in [0.25, 0.3) is 0 Å². The van der Waals surface area contributed by atoms with Crippen molar-refractivity contribution in [3.05, 3.63) is 0 Å². The summed E-state index contributed by atoms with van der Waals surface area (Å²) in [6.07, 6.45) is 2.88. The van der Waals surface area contributed by atoms with Gasteiger partial charge in [-0.1, -0.05) is 13.8 Å². The van der Waals surface area contributed by atoms with E-state index in [1.165, 1.54) is 12.8 Å². The Bertz CT molecular complexity index is 260. The summed E-state index contributed by atoms with van der Waals surface area (Å²) in [5.41, 5.74) is -0.0652. The second-order valence-electron chi connectivity index (χ2n) is 6.20. The van der Waals surface area contributed by atoms with Gasteiger partial charge in [-0.05, 0) is 37.5 Å². The van der Waals surface area contributed by atoms with Crippen LogP contribution in [-0.2, 0) is 0 Å². The van der Waals surface area contributed by atoms with Crippen molar-refractivity contribution in [3.63, 3.8) is 0 Å². The van der Waals surface area contributed by atoms with E-state index in [9.17, 15) is 9.90 Å². The van der Waals surface area contributed by atoms with Crippen LogP contribution in [0.1, 0.15) is 40.0 Å². The number of aliphatic hydroxyl groups is 1. The number of carbonyl (C=O) groups is 1. The fourth-order valence-electron chi connectivity index (χ4n) is 2.09. The first-order chi connectivity index (χ1) is 7.80. The summed E-state index contributed by atoms with van der Waals surface area (Å²) in [6.45, 7) is 7.36. The minimum absolute atomic E-state index is 0.00410. The Hall–Kier alpha value is -0.770. The monoisotopic (exact) mass is 242 g/mol.